The predicted octanol–water partition coefficient (Wildman–Crippen LogP) is 1.32. The van der Waals surface area contributed by atoms with E-state index in [-0.39, 0.29) is 5.56 Å². The molecule has 0 saturated carbocycles. The van der Waals surface area contributed by atoms with Crippen molar-refractivity contribution in [3.63, 3.8) is 0 Å². The summed E-state index contributed by atoms with van der Waals surface area (Å²) in [5.41, 5.74) is 1.56. The van der Waals surface area contributed by atoms with E-state index in [0.29, 0.717) is 17.3 Å². The number of halogens is 1. The molecule has 0 spiro atoms. The van der Waals surface area contributed by atoms with Crippen molar-refractivity contribution in [2.45, 2.75) is 13.5 Å². The quantitative estimate of drug-likeness (QED) is 0.897. The average molecular weight is 255 g/mol. The van der Waals surface area contributed by atoms with Gasteiger partial charge in [0, 0.05) is 7.05 Å². The first-order chi connectivity index (χ1) is 8.00. The van der Waals surface area contributed by atoms with Gasteiger partial charge in [0.2, 0.25) is 0 Å². The van der Waals surface area contributed by atoms with Crippen molar-refractivity contribution < 1.29 is 9.90 Å². The third kappa shape index (κ3) is 2.03. The highest BCUT2D eigenvalue weighted by Crippen LogP contribution is 2.16. The largest absolute Gasteiger partial charge is 0.478 e. The molecular weight excluding hydrogens is 244 g/mol. The number of carboxylic acids is 1. The molecule has 2 rings (SSSR count). The van der Waals surface area contributed by atoms with Crippen LogP contribution in [0.2, 0.25) is 5.02 Å². The molecule has 0 aromatic carbocycles. The minimum absolute atomic E-state index is 0.179. The van der Waals surface area contributed by atoms with Gasteiger partial charge in [-0.15, -0.1) is 0 Å². The van der Waals surface area contributed by atoms with Gasteiger partial charge < -0.3 is 5.11 Å². The zero-order chi connectivity index (χ0) is 12.6. The standard InChI is InChI=1S/C10H11ClN4O2/c1-6-8(11)4-13-15(6)5-9-7(10(16)17)3-12-14(9)2/h3-4H,5H2,1-2H3,(H,16,17). The van der Waals surface area contributed by atoms with Crippen LogP contribution >= 0.6 is 11.6 Å². The van der Waals surface area contributed by atoms with Crippen LogP contribution in [0.25, 0.3) is 0 Å². The van der Waals surface area contributed by atoms with E-state index in [0.717, 1.165) is 5.69 Å². The average Bonchev–Trinajstić information content (AvgIpc) is 2.78. The zero-order valence-electron chi connectivity index (χ0n) is 9.38. The van der Waals surface area contributed by atoms with Crippen molar-refractivity contribution in [2.24, 2.45) is 7.05 Å². The number of aromatic carboxylic acids is 1. The smallest absolute Gasteiger partial charge is 0.339 e. The lowest BCUT2D eigenvalue weighted by molar-refractivity contribution is 0.0695. The molecule has 0 radical (unpaired) electrons. The lowest BCUT2D eigenvalue weighted by Crippen LogP contribution is -2.12. The summed E-state index contributed by atoms with van der Waals surface area (Å²) in [6.45, 7) is 2.16. The van der Waals surface area contributed by atoms with Crippen LogP contribution < -0.4 is 0 Å². The molecule has 0 fully saturated rings. The number of hydrogen-bond donors (Lipinski definition) is 1. The van der Waals surface area contributed by atoms with Crippen LogP contribution in [-0.4, -0.2) is 30.6 Å². The molecule has 17 heavy (non-hydrogen) atoms. The van der Waals surface area contributed by atoms with Gasteiger partial charge in [0.25, 0.3) is 0 Å². The van der Waals surface area contributed by atoms with Gasteiger partial charge in [0.05, 0.1) is 35.3 Å². The summed E-state index contributed by atoms with van der Waals surface area (Å²) < 4.78 is 3.17. The van der Waals surface area contributed by atoms with Crippen LogP contribution in [0, 0.1) is 6.92 Å². The first-order valence-corrected chi connectivity index (χ1v) is 5.30. The van der Waals surface area contributed by atoms with Crippen LogP contribution in [0.4, 0.5) is 0 Å². The highest BCUT2D eigenvalue weighted by Gasteiger charge is 2.16. The number of carbonyl (C=O) groups is 1. The number of aryl methyl sites for hydroxylation is 1. The van der Waals surface area contributed by atoms with Crippen molar-refractivity contribution in [3.05, 3.63) is 34.4 Å². The molecule has 0 amide bonds. The normalized spacial score (nSPS) is 10.8. The van der Waals surface area contributed by atoms with Crippen molar-refractivity contribution in [1.82, 2.24) is 19.6 Å². The van der Waals surface area contributed by atoms with E-state index in [9.17, 15) is 4.79 Å². The first-order valence-electron chi connectivity index (χ1n) is 4.92. The van der Waals surface area contributed by atoms with Gasteiger partial charge in [0.15, 0.2) is 0 Å². The van der Waals surface area contributed by atoms with Crippen LogP contribution in [0.15, 0.2) is 12.4 Å². The Hall–Kier alpha value is -1.82. The topological polar surface area (TPSA) is 72.9 Å². The summed E-state index contributed by atoms with van der Waals surface area (Å²) in [5, 5.41) is 17.6. The minimum atomic E-state index is -0.996. The van der Waals surface area contributed by atoms with Crippen LogP contribution in [0.5, 0.6) is 0 Å². The minimum Gasteiger partial charge on any atom is -0.478 e. The summed E-state index contributed by atoms with van der Waals surface area (Å²) in [7, 11) is 1.70. The number of nitrogens with zero attached hydrogens (tertiary/aromatic N) is 4. The summed E-state index contributed by atoms with van der Waals surface area (Å²) in [4.78, 5) is 11.0. The van der Waals surface area contributed by atoms with Crippen LogP contribution in [-0.2, 0) is 13.6 Å². The van der Waals surface area contributed by atoms with Gasteiger partial charge in [0.1, 0.15) is 5.56 Å². The van der Waals surface area contributed by atoms with E-state index in [1.54, 1.807) is 11.7 Å². The molecule has 0 aliphatic carbocycles. The summed E-state index contributed by atoms with van der Waals surface area (Å²) in [6, 6.07) is 0. The lowest BCUT2D eigenvalue weighted by Gasteiger charge is -2.06. The molecule has 0 atom stereocenters. The van der Waals surface area contributed by atoms with E-state index in [1.807, 2.05) is 6.92 Å². The molecule has 90 valence electrons. The Morgan fingerprint density at radius 3 is 2.71 bits per heavy atom. The second-order valence-electron chi connectivity index (χ2n) is 3.67. The summed E-state index contributed by atoms with van der Waals surface area (Å²) in [5.74, 6) is -0.996. The molecule has 0 saturated heterocycles. The Kier molecular flexibility index (Phi) is 2.89. The van der Waals surface area contributed by atoms with Gasteiger partial charge >= 0.3 is 5.97 Å². The Balaban J connectivity index is 2.39. The third-order valence-corrected chi connectivity index (χ3v) is 3.01. The maximum absolute atomic E-state index is 11.0. The van der Waals surface area contributed by atoms with E-state index in [4.69, 9.17) is 16.7 Å². The van der Waals surface area contributed by atoms with E-state index >= 15 is 0 Å². The molecule has 0 aliphatic rings. The molecule has 1 N–H and O–H groups in total. The molecule has 0 aliphatic heterocycles. The molecule has 0 unspecified atom stereocenters. The van der Waals surface area contributed by atoms with Gasteiger partial charge in [-0.05, 0) is 6.92 Å². The maximum atomic E-state index is 11.0. The molecule has 2 aromatic heterocycles. The summed E-state index contributed by atoms with van der Waals surface area (Å²) >= 11 is 5.89. The number of hydrogen-bond acceptors (Lipinski definition) is 3. The molecule has 0 bridgehead atoms. The zero-order valence-corrected chi connectivity index (χ0v) is 10.1. The number of aromatic nitrogens is 4. The highest BCUT2D eigenvalue weighted by molar-refractivity contribution is 6.31. The monoisotopic (exact) mass is 254 g/mol. The van der Waals surface area contributed by atoms with Gasteiger partial charge in [-0.3, -0.25) is 9.36 Å². The Morgan fingerprint density at radius 1 is 1.47 bits per heavy atom. The molecule has 2 heterocycles. The molecule has 2 aromatic rings. The fourth-order valence-corrected chi connectivity index (χ4v) is 1.70. The van der Waals surface area contributed by atoms with Crippen molar-refractivity contribution >= 4 is 17.6 Å². The van der Waals surface area contributed by atoms with Crippen molar-refractivity contribution in [3.8, 4) is 0 Å². The Bertz CT molecular complexity index is 573. The third-order valence-electron chi connectivity index (χ3n) is 2.63. The second kappa shape index (κ2) is 4.21. The van der Waals surface area contributed by atoms with E-state index in [2.05, 4.69) is 10.2 Å². The molecular formula is C10H11ClN4O2. The highest BCUT2D eigenvalue weighted by atomic mass is 35.5. The van der Waals surface area contributed by atoms with E-state index < -0.39 is 5.97 Å². The fraction of sp³-hybridized carbons (Fsp3) is 0.300. The van der Waals surface area contributed by atoms with Crippen molar-refractivity contribution in [1.29, 1.82) is 0 Å². The van der Waals surface area contributed by atoms with E-state index in [1.165, 1.54) is 17.1 Å². The fourth-order valence-electron chi connectivity index (χ4n) is 1.55. The van der Waals surface area contributed by atoms with Gasteiger partial charge in [-0.1, -0.05) is 11.6 Å². The Labute approximate surface area is 102 Å². The second-order valence-corrected chi connectivity index (χ2v) is 4.08. The van der Waals surface area contributed by atoms with Crippen LogP contribution in [0.1, 0.15) is 21.7 Å². The maximum Gasteiger partial charge on any atom is 0.339 e. The summed E-state index contributed by atoms with van der Waals surface area (Å²) in [6.07, 6.45) is 2.87. The number of carboxylic acid groups (broad SMARTS) is 1. The van der Waals surface area contributed by atoms with Crippen molar-refractivity contribution in [2.75, 3.05) is 0 Å². The van der Waals surface area contributed by atoms with Gasteiger partial charge in [-0.25, -0.2) is 4.79 Å². The lowest BCUT2D eigenvalue weighted by atomic mass is 10.2. The Morgan fingerprint density at radius 2 is 2.18 bits per heavy atom. The SMILES string of the molecule is Cc1c(Cl)cnn1Cc1c(C(=O)O)cnn1C. The van der Waals surface area contributed by atoms with Crippen LogP contribution in [0.3, 0.4) is 0 Å². The van der Waals surface area contributed by atoms with Gasteiger partial charge in [-0.2, -0.15) is 10.2 Å². The molecule has 6 nitrogen and oxygen atoms in total. The number of rotatable bonds is 3. The predicted molar refractivity (Wildman–Crippen MR) is 61.2 cm³/mol. The first kappa shape index (κ1) is 11.7. The molecule has 7 heteroatoms.